The van der Waals surface area contributed by atoms with E-state index in [1.165, 1.54) is 25.3 Å². The fraction of sp³-hybridized carbons (Fsp3) is 0.300. The zero-order chi connectivity index (χ0) is 10.6. The number of halogens is 2. The minimum atomic E-state index is -0.698. The van der Waals surface area contributed by atoms with Crippen molar-refractivity contribution in [3.05, 3.63) is 29.6 Å². The van der Waals surface area contributed by atoms with E-state index in [-0.39, 0.29) is 12.2 Å². The molecule has 0 spiro atoms. The summed E-state index contributed by atoms with van der Waals surface area (Å²) in [5, 5.41) is -0.698. The summed E-state index contributed by atoms with van der Waals surface area (Å²) in [6, 6.07) is 4.35. The van der Waals surface area contributed by atoms with Gasteiger partial charge in [0.1, 0.15) is 17.9 Å². The molecule has 14 heavy (non-hydrogen) atoms. The molecule has 0 aliphatic heterocycles. The Morgan fingerprint density at radius 3 is 2.93 bits per heavy atom. The summed E-state index contributed by atoms with van der Waals surface area (Å²) in [5.74, 6) is 0.175. The third-order valence-corrected chi connectivity index (χ3v) is 2.07. The fourth-order valence-electron chi connectivity index (χ4n) is 1.09. The Bertz CT molecular complexity index is 328. The Balaban J connectivity index is 2.88. The molecule has 0 aliphatic rings. The standard InChI is InChI=1S/C10H10ClFO2/c1-14-9-2-3-10(12)7(5-9)4-8(11)6-13/h2-3,5-6,8H,4H2,1H3. The first-order valence-electron chi connectivity index (χ1n) is 4.09. The first-order valence-corrected chi connectivity index (χ1v) is 4.52. The van der Waals surface area contributed by atoms with Gasteiger partial charge >= 0.3 is 0 Å². The Morgan fingerprint density at radius 2 is 2.36 bits per heavy atom. The summed E-state index contributed by atoms with van der Waals surface area (Å²) in [6.07, 6.45) is 0.758. The van der Waals surface area contributed by atoms with Crippen LogP contribution in [0, 0.1) is 5.82 Å². The Labute approximate surface area is 86.6 Å². The molecule has 0 saturated heterocycles. The van der Waals surface area contributed by atoms with E-state index in [9.17, 15) is 9.18 Å². The highest BCUT2D eigenvalue weighted by atomic mass is 35.5. The predicted octanol–water partition coefficient (Wildman–Crippen LogP) is 2.18. The molecule has 0 amide bonds. The van der Waals surface area contributed by atoms with Crippen LogP contribution in [-0.2, 0) is 11.2 Å². The predicted molar refractivity (Wildman–Crippen MR) is 52.4 cm³/mol. The summed E-state index contributed by atoms with van der Waals surface area (Å²) in [7, 11) is 1.49. The second-order valence-electron chi connectivity index (χ2n) is 2.81. The molecule has 76 valence electrons. The summed E-state index contributed by atoms with van der Waals surface area (Å²) >= 11 is 5.59. The van der Waals surface area contributed by atoms with Crippen molar-refractivity contribution in [2.75, 3.05) is 7.11 Å². The lowest BCUT2D eigenvalue weighted by atomic mass is 10.1. The van der Waals surface area contributed by atoms with Gasteiger partial charge in [-0.15, -0.1) is 11.6 Å². The average Bonchev–Trinajstić information content (AvgIpc) is 2.21. The summed E-state index contributed by atoms with van der Waals surface area (Å²) in [4.78, 5) is 10.3. The highest BCUT2D eigenvalue weighted by molar-refractivity contribution is 6.27. The molecule has 0 N–H and O–H groups in total. The van der Waals surface area contributed by atoms with E-state index in [2.05, 4.69) is 0 Å². The maximum atomic E-state index is 13.2. The van der Waals surface area contributed by atoms with Crippen molar-refractivity contribution in [2.45, 2.75) is 11.8 Å². The van der Waals surface area contributed by atoms with Gasteiger partial charge in [0, 0.05) is 0 Å². The van der Waals surface area contributed by atoms with E-state index in [1.54, 1.807) is 0 Å². The largest absolute Gasteiger partial charge is 0.497 e. The number of alkyl halides is 1. The quantitative estimate of drug-likeness (QED) is 0.570. The number of aldehydes is 1. The van der Waals surface area contributed by atoms with E-state index < -0.39 is 5.38 Å². The zero-order valence-electron chi connectivity index (χ0n) is 7.67. The lowest BCUT2D eigenvalue weighted by Gasteiger charge is -2.06. The summed E-state index contributed by atoms with van der Waals surface area (Å²) < 4.78 is 18.1. The van der Waals surface area contributed by atoms with Gasteiger partial charge in [-0.25, -0.2) is 4.39 Å². The molecule has 4 heteroatoms. The van der Waals surface area contributed by atoms with Gasteiger partial charge in [-0.2, -0.15) is 0 Å². The van der Waals surface area contributed by atoms with E-state index in [1.807, 2.05) is 0 Å². The van der Waals surface area contributed by atoms with Crippen LogP contribution in [0.4, 0.5) is 4.39 Å². The molecular weight excluding hydrogens is 207 g/mol. The molecule has 2 nitrogen and oxygen atoms in total. The number of carbonyl (C=O) groups is 1. The van der Waals surface area contributed by atoms with Gasteiger partial charge in [-0.3, -0.25) is 0 Å². The van der Waals surface area contributed by atoms with Crippen LogP contribution in [-0.4, -0.2) is 18.8 Å². The van der Waals surface area contributed by atoms with Gasteiger partial charge in [0.2, 0.25) is 0 Å². The van der Waals surface area contributed by atoms with Crippen molar-refractivity contribution >= 4 is 17.9 Å². The Morgan fingerprint density at radius 1 is 1.64 bits per heavy atom. The number of hydrogen-bond donors (Lipinski definition) is 0. The Hall–Kier alpha value is -1.09. The van der Waals surface area contributed by atoms with Crippen LogP contribution in [0.2, 0.25) is 0 Å². The topological polar surface area (TPSA) is 26.3 Å². The van der Waals surface area contributed by atoms with Crippen LogP contribution in [0.25, 0.3) is 0 Å². The fourth-order valence-corrected chi connectivity index (χ4v) is 1.26. The third kappa shape index (κ3) is 2.70. The molecule has 0 saturated carbocycles. The van der Waals surface area contributed by atoms with Crippen LogP contribution < -0.4 is 4.74 Å². The highest BCUT2D eigenvalue weighted by Gasteiger charge is 2.09. The van der Waals surface area contributed by atoms with Crippen LogP contribution in [0.15, 0.2) is 18.2 Å². The molecular formula is C10H10ClFO2. The number of ether oxygens (including phenoxy) is 1. The van der Waals surface area contributed by atoms with E-state index in [0.717, 1.165) is 0 Å². The van der Waals surface area contributed by atoms with Gasteiger partial charge < -0.3 is 9.53 Å². The van der Waals surface area contributed by atoms with Gasteiger partial charge in [-0.1, -0.05) is 0 Å². The van der Waals surface area contributed by atoms with Crippen molar-refractivity contribution in [3.8, 4) is 5.75 Å². The second-order valence-corrected chi connectivity index (χ2v) is 3.37. The van der Waals surface area contributed by atoms with Crippen molar-refractivity contribution in [2.24, 2.45) is 0 Å². The molecule has 1 aromatic rings. The van der Waals surface area contributed by atoms with Gasteiger partial charge in [0.25, 0.3) is 0 Å². The lowest BCUT2D eigenvalue weighted by Crippen LogP contribution is -2.06. The minimum Gasteiger partial charge on any atom is -0.497 e. The third-order valence-electron chi connectivity index (χ3n) is 1.82. The molecule has 1 rings (SSSR count). The minimum absolute atomic E-state index is 0.175. The smallest absolute Gasteiger partial charge is 0.138 e. The number of benzene rings is 1. The molecule has 0 heterocycles. The van der Waals surface area contributed by atoms with Crippen LogP contribution in [0.1, 0.15) is 5.56 Å². The first-order chi connectivity index (χ1) is 6.67. The van der Waals surface area contributed by atoms with Gasteiger partial charge in [0.15, 0.2) is 0 Å². The molecule has 1 atom stereocenters. The first kappa shape index (κ1) is 11.0. The summed E-state index contributed by atoms with van der Waals surface area (Å²) in [6.45, 7) is 0. The van der Waals surface area contributed by atoms with Crippen LogP contribution in [0.5, 0.6) is 5.75 Å². The van der Waals surface area contributed by atoms with Crippen LogP contribution in [0.3, 0.4) is 0 Å². The summed E-state index contributed by atoms with van der Waals surface area (Å²) in [5.41, 5.74) is 0.386. The lowest BCUT2D eigenvalue weighted by molar-refractivity contribution is -0.107. The van der Waals surface area contributed by atoms with Gasteiger partial charge in [-0.05, 0) is 30.2 Å². The number of carbonyl (C=O) groups excluding carboxylic acids is 1. The maximum Gasteiger partial charge on any atom is 0.138 e. The van der Waals surface area contributed by atoms with E-state index >= 15 is 0 Å². The van der Waals surface area contributed by atoms with Crippen molar-refractivity contribution < 1.29 is 13.9 Å². The number of methoxy groups -OCH3 is 1. The van der Waals surface area contributed by atoms with Gasteiger partial charge in [0.05, 0.1) is 12.5 Å². The number of rotatable bonds is 4. The zero-order valence-corrected chi connectivity index (χ0v) is 8.42. The molecule has 0 bridgehead atoms. The van der Waals surface area contributed by atoms with Crippen molar-refractivity contribution in [3.63, 3.8) is 0 Å². The monoisotopic (exact) mass is 216 g/mol. The van der Waals surface area contributed by atoms with Crippen LogP contribution >= 0.6 is 11.6 Å². The maximum absolute atomic E-state index is 13.2. The van der Waals surface area contributed by atoms with Crippen molar-refractivity contribution in [1.29, 1.82) is 0 Å². The molecule has 0 aliphatic carbocycles. The average molecular weight is 217 g/mol. The molecule has 0 fully saturated rings. The molecule has 1 aromatic carbocycles. The normalized spacial score (nSPS) is 12.2. The molecule has 0 radical (unpaired) electrons. The molecule has 1 unspecified atom stereocenters. The highest BCUT2D eigenvalue weighted by Crippen LogP contribution is 2.18. The Kier molecular flexibility index (Phi) is 3.89. The number of hydrogen-bond acceptors (Lipinski definition) is 2. The second kappa shape index (κ2) is 4.96. The van der Waals surface area contributed by atoms with Crippen molar-refractivity contribution in [1.82, 2.24) is 0 Å². The molecule has 0 aromatic heterocycles. The SMILES string of the molecule is COc1ccc(F)c(CC(Cl)C=O)c1. The van der Waals surface area contributed by atoms with E-state index in [0.29, 0.717) is 17.6 Å². The van der Waals surface area contributed by atoms with E-state index in [4.69, 9.17) is 16.3 Å².